The van der Waals surface area contributed by atoms with Crippen LogP contribution in [0.3, 0.4) is 0 Å². The van der Waals surface area contributed by atoms with E-state index in [-0.39, 0.29) is 5.91 Å². The molecule has 5 heteroatoms. The standard InChI is InChI=1S/C18H29N3O2/c1-2-20-10-12-21(13-11-20)9-8-18(23)19-15-17(22)14-16-6-4-3-5-7-16/h3-7,17,22H,2,8-15H2,1H3,(H,19,23). The van der Waals surface area contributed by atoms with Crippen molar-refractivity contribution in [2.75, 3.05) is 45.8 Å². The minimum Gasteiger partial charge on any atom is -0.391 e. The number of amides is 1. The van der Waals surface area contributed by atoms with Crippen LogP contribution >= 0.6 is 0 Å². The van der Waals surface area contributed by atoms with Crippen molar-refractivity contribution in [3.63, 3.8) is 0 Å². The van der Waals surface area contributed by atoms with Gasteiger partial charge in [-0.1, -0.05) is 37.3 Å². The van der Waals surface area contributed by atoms with Gasteiger partial charge in [0.05, 0.1) is 6.10 Å². The molecule has 0 aromatic heterocycles. The van der Waals surface area contributed by atoms with E-state index in [0.29, 0.717) is 19.4 Å². The van der Waals surface area contributed by atoms with E-state index in [2.05, 4.69) is 22.0 Å². The van der Waals surface area contributed by atoms with Gasteiger partial charge >= 0.3 is 0 Å². The smallest absolute Gasteiger partial charge is 0.221 e. The highest BCUT2D eigenvalue weighted by Gasteiger charge is 2.16. The van der Waals surface area contributed by atoms with Crippen molar-refractivity contribution < 1.29 is 9.90 Å². The van der Waals surface area contributed by atoms with E-state index in [1.165, 1.54) is 0 Å². The predicted molar refractivity (Wildman–Crippen MR) is 92.3 cm³/mol. The van der Waals surface area contributed by atoms with Crippen molar-refractivity contribution in [2.24, 2.45) is 0 Å². The molecule has 2 rings (SSSR count). The maximum absolute atomic E-state index is 11.9. The first-order chi connectivity index (χ1) is 11.2. The van der Waals surface area contributed by atoms with Crippen LogP contribution in [0, 0.1) is 0 Å². The van der Waals surface area contributed by atoms with Crippen LogP contribution in [0.4, 0.5) is 0 Å². The molecule has 0 spiro atoms. The van der Waals surface area contributed by atoms with Crippen LogP contribution in [0.2, 0.25) is 0 Å². The number of nitrogens with one attached hydrogen (secondary N) is 1. The molecule has 2 N–H and O–H groups in total. The normalized spacial score (nSPS) is 17.8. The second-order valence-electron chi connectivity index (χ2n) is 6.17. The minimum atomic E-state index is -0.533. The SMILES string of the molecule is CCN1CCN(CCC(=O)NCC(O)Cc2ccccc2)CC1. The highest BCUT2D eigenvalue weighted by Crippen LogP contribution is 2.03. The van der Waals surface area contributed by atoms with Gasteiger partial charge in [0.25, 0.3) is 0 Å². The van der Waals surface area contributed by atoms with Crippen molar-refractivity contribution in [3.05, 3.63) is 35.9 Å². The molecule has 1 aliphatic heterocycles. The number of carbonyl (C=O) groups excluding carboxylic acids is 1. The van der Waals surface area contributed by atoms with Crippen molar-refractivity contribution in [1.82, 2.24) is 15.1 Å². The molecular weight excluding hydrogens is 290 g/mol. The molecule has 1 atom stereocenters. The third-order valence-electron chi connectivity index (χ3n) is 4.42. The molecule has 1 fully saturated rings. The molecular formula is C18H29N3O2. The van der Waals surface area contributed by atoms with Crippen LogP contribution in [-0.4, -0.2) is 72.7 Å². The third-order valence-corrected chi connectivity index (χ3v) is 4.42. The third kappa shape index (κ3) is 6.69. The number of hydrogen-bond acceptors (Lipinski definition) is 4. The molecule has 1 unspecified atom stereocenters. The van der Waals surface area contributed by atoms with Crippen LogP contribution < -0.4 is 5.32 Å². The number of aliphatic hydroxyl groups excluding tert-OH is 1. The van der Waals surface area contributed by atoms with Gasteiger partial charge in [-0.15, -0.1) is 0 Å². The van der Waals surface area contributed by atoms with E-state index >= 15 is 0 Å². The Labute approximate surface area is 139 Å². The average Bonchev–Trinajstić information content (AvgIpc) is 2.59. The molecule has 5 nitrogen and oxygen atoms in total. The van der Waals surface area contributed by atoms with Crippen LogP contribution in [0.5, 0.6) is 0 Å². The lowest BCUT2D eigenvalue weighted by Crippen LogP contribution is -2.47. The van der Waals surface area contributed by atoms with E-state index in [1.807, 2.05) is 30.3 Å². The number of benzene rings is 1. The van der Waals surface area contributed by atoms with E-state index in [4.69, 9.17) is 0 Å². The zero-order valence-electron chi connectivity index (χ0n) is 14.1. The van der Waals surface area contributed by atoms with Crippen molar-refractivity contribution in [3.8, 4) is 0 Å². The molecule has 1 amide bonds. The van der Waals surface area contributed by atoms with E-state index in [9.17, 15) is 9.90 Å². The Morgan fingerprint density at radius 2 is 1.83 bits per heavy atom. The quantitative estimate of drug-likeness (QED) is 0.742. The maximum atomic E-state index is 11.9. The number of nitrogens with zero attached hydrogens (tertiary/aromatic N) is 2. The minimum absolute atomic E-state index is 0.0232. The summed E-state index contributed by atoms with van der Waals surface area (Å²) in [6.07, 6.45) is 0.541. The van der Waals surface area contributed by atoms with Crippen molar-refractivity contribution in [1.29, 1.82) is 0 Å². The molecule has 1 heterocycles. The number of hydrogen-bond donors (Lipinski definition) is 2. The summed E-state index contributed by atoms with van der Waals surface area (Å²) in [5, 5.41) is 12.8. The summed E-state index contributed by atoms with van der Waals surface area (Å²) in [5.74, 6) is 0.0232. The van der Waals surface area contributed by atoms with Gasteiger partial charge in [0.15, 0.2) is 0 Å². The summed E-state index contributed by atoms with van der Waals surface area (Å²) in [4.78, 5) is 16.7. The first kappa shape index (κ1) is 17.9. The fraction of sp³-hybridized carbons (Fsp3) is 0.611. The molecule has 0 saturated carbocycles. The highest BCUT2D eigenvalue weighted by atomic mass is 16.3. The van der Waals surface area contributed by atoms with Crippen LogP contribution in [-0.2, 0) is 11.2 Å². The Hall–Kier alpha value is -1.43. The monoisotopic (exact) mass is 319 g/mol. The lowest BCUT2D eigenvalue weighted by atomic mass is 10.1. The molecule has 0 bridgehead atoms. The largest absolute Gasteiger partial charge is 0.391 e. The van der Waals surface area contributed by atoms with Gasteiger partial charge in [0, 0.05) is 52.1 Å². The molecule has 23 heavy (non-hydrogen) atoms. The number of piperazine rings is 1. The van der Waals surface area contributed by atoms with Gasteiger partial charge in [0.2, 0.25) is 5.91 Å². The topological polar surface area (TPSA) is 55.8 Å². The molecule has 0 radical (unpaired) electrons. The molecule has 1 aromatic rings. The van der Waals surface area contributed by atoms with Crippen molar-refractivity contribution in [2.45, 2.75) is 25.9 Å². The summed E-state index contributed by atoms with van der Waals surface area (Å²) < 4.78 is 0. The molecule has 1 saturated heterocycles. The van der Waals surface area contributed by atoms with E-state index < -0.39 is 6.10 Å². The number of carbonyl (C=O) groups is 1. The van der Waals surface area contributed by atoms with Crippen LogP contribution in [0.1, 0.15) is 18.9 Å². The van der Waals surface area contributed by atoms with Gasteiger partial charge in [-0.25, -0.2) is 0 Å². The number of rotatable bonds is 8. The summed E-state index contributed by atoms with van der Waals surface area (Å²) >= 11 is 0. The predicted octanol–water partition coefficient (Wildman–Crippen LogP) is 0.734. The summed E-state index contributed by atoms with van der Waals surface area (Å²) in [7, 11) is 0. The zero-order chi connectivity index (χ0) is 16.5. The van der Waals surface area contributed by atoms with Gasteiger partial charge < -0.3 is 20.2 Å². The fourth-order valence-corrected chi connectivity index (χ4v) is 2.87. The Morgan fingerprint density at radius 3 is 2.48 bits per heavy atom. The highest BCUT2D eigenvalue weighted by molar-refractivity contribution is 5.76. The Bertz CT molecular complexity index is 459. The maximum Gasteiger partial charge on any atom is 0.221 e. The van der Waals surface area contributed by atoms with E-state index in [0.717, 1.165) is 44.8 Å². The Kier molecular flexibility index (Phi) is 7.52. The summed E-state index contributed by atoms with van der Waals surface area (Å²) in [5.41, 5.74) is 1.09. The van der Waals surface area contributed by atoms with Crippen LogP contribution in [0.15, 0.2) is 30.3 Å². The van der Waals surface area contributed by atoms with E-state index in [1.54, 1.807) is 0 Å². The molecule has 128 valence electrons. The molecule has 0 aliphatic carbocycles. The number of aliphatic hydroxyl groups is 1. The molecule has 1 aromatic carbocycles. The zero-order valence-corrected chi connectivity index (χ0v) is 14.1. The lowest BCUT2D eigenvalue weighted by Gasteiger charge is -2.33. The lowest BCUT2D eigenvalue weighted by molar-refractivity contribution is -0.122. The van der Waals surface area contributed by atoms with Gasteiger partial charge in [-0.2, -0.15) is 0 Å². The van der Waals surface area contributed by atoms with Gasteiger partial charge in [-0.3, -0.25) is 4.79 Å². The average molecular weight is 319 g/mol. The second kappa shape index (κ2) is 9.65. The van der Waals surface area contributed by atoms with Gasteiger partial charge in [-0.05, 0) is 12.1 Å². The summed E-state index contributed by atoms with van der Waals surface area (Å²) in [6.45, 7) is 8.67. The fourth-order valence-electron chi connectivity index (χ4n) is 2.87. The Balaban J connectivity index is 1.58. The summed E-state index contributed by atoms with van der Waals surface area (Å²) in [6, 6.07) is 9.85. The first-order valence-corrected chi connectivity index (χ1v) is 8.60. The molecule has 1 aliphatic rings. The van der Waals surface area contributed by atoms with Crippen LogP contribution in [0.25, 0.3) is 0 Å². The number of likely N-dealkylation sites (N-methyl/N-ethyl adjacent to an activating group) is 1. The second-order valence-corrected chi connectivity index (χ2v) is 6.17. The first-order valence-electron chi connectivity index (χ1n) is 8.60. The van der Waals surface area contributed by atoms with Crippen molar-refractivity contribution >= 4 is 5.91 Å². The van der Waals surface area contributed by atoms with Gasteiger partial charge in [0.1, 0.15) is 0 Å². The Morgan fingerprint density at radius 1 is 1.17 bits per heavy atom.